The molecule has 1 aliphatic rings. The van der Waals surface area contributed by atoms with E-state index in [-0.39, 0.29) is 12.4 Å². The van der Waals surface area contributed by atoms with Gasteiger partial charge in [0.25, 0.3) is 0 Å². The number of nitrogens with two attached hydrogens (primary N) is 1. The zero-order valence-electron chi connectivity index (χ0n) is 12.4. The van der Waals surface area contributed by atoms with Crippen LogP contribution in [0.1, 0.15) is 36.5 Å². The lowest BCUT2D eigenvalue weighted by molar-refractivity contribution is 0.165. The largest absolute Gasteiger partial charge is 0.328 e. The second-order valence-corrected chi connectivity index (χ2v) is 5.83. The van der Waals surface area contributed by atoms with Crippen LogP contribution in [0.4, 0.5) is 0 Å². The molecule has 19 heavy (non-hydrogen) atoms. The molecule has 1 heterocycles. The third-order valence-electron chi connectivity index (χ3n) is 4.49. The van der Waals surface area contributed by atoms with Crippen LogP contribution in [0.3, 0.4) is 0 Å². The molecule has 0 saturated carbocycles. The van der Waals surface area contributed by atoms with E-state index in [0.717, 1.165) is 12.5 Å². The van der Waals surface area contributed by atoms with Gasteiger partial charge in [0, 0.05) is 12.6 Å². The maximum atomic E-state index is 5.99. The lowest BCUT2D eigenvalue weighted by Crippen LogP contribution is -2.39. The van der Waals surface area contributed by atoms with Crippen molar-refractivity contribution in [2.24, 2.45) is 11.7 Å². The molecule has 0 aromatic heterocycles. The molecule has 2 nitrogen and oxygen atoms in total. The molecule has 1 aromatic rings. The van der Waals surface area contributed by atoms with Crippen LogP contribution in [-0.4, -0.2) is 24.0 Å². The van der Waals surface area contributed by atoms with Gasteiger partial charge in [-0.25, -0.2) is 0 Å². The fourth-order valence-electron chi connectivity index (χ4n) is 2.86. The van der Waals surface area contributed by atoms with Crippen LogP contribution in [0.2, 0.25) is 0 Å². The number of likely N-dealkylation sites (tertiary alicyclic amines) is 1. The zero-order valence-corrected chi connectivity index (χ0v) is 13.2. The summed E-state index contributed by atoms with van der Waals surface area (Å²) in [6.07, 6.45) is 2.51. The van der Waals surface area contributed by atoms with E-state index in [2.05, 4.69) is 43.9 Å². The summed E-state index contributed by atoms with van der Waals surface area (Å²) in [7, 11) is 0. The molecule has 0 bridgehead atoms. The van der Waals surface area contributed by atoms with Crippen molar-refractivity contribution in [3.05, 3.63) is 34.9 Å². The predicted octanol–water partition coefficient (Wildman–Crippen LogP) is 3.28. The number of aryl methyl sites for hydroxylation is 1. The molecule has 0 amide bonds. The Kier molecular flexibility index (Phi) is 6.31. The molecule has 0 aliphatic carbocycles. The van der Waals surface area contributed by atoms with E-state index in [0.29, 0.717) is 6.04 Å². The molecule has 1 saturated heterocycles. The first kappa shape index (κ1) is 16.5. The summed E-state index contributed by atoms with van der Waals surface area (Å²) < 4.78 is 0. The van der Waals surface area contributed by atoms with Crippen LogP contribution in [0.15, 0.2) is 18.2 Å². The summed E-state index contributed by atoms with van der Waals surface area (Å²) in [5.74, 6) is 0.722. The van der Waals surface area contributed by atoms with Gasteiger partial charge in [-0.1, -0.05) is 18.2 Å². The second-order valence-electron chi connectivity index (χ2n) is 5.83. The summed E-state index contributed by atoms with van der Waals surface area (Å²) in [5.41, 5.74) is 10.3. The zero-order chi connectivity index (χ0) is 13.1. The number of hydrogen-bond acceptors (Lipinski definition) is 2. The van der Waals surface area contributed by atoms with E-state index >= 15 is 0 Å². The van der Waals surface area contributed by atoms with Gasteiger partial charge in [-0.05, 0) is 69.3 Å². The lowest BCUT2D eigenvalue weighted by atomic mass is 9.90. The van der Waals surface area contributed by atoms with Crippen LogP contribution < -0.4 is 5.73 Å². The van der Waals surface area contributed by atoms with Crippen molar-refractivity contribution in [2.45, 2.75) is 46.2 Å². The summed E-state index contributed by atoms with van der Waals surface area (Å²) in [4.78, 5) is 2.57. The number of hydrogen-bond donors (Lipinski definition) is 1. The first-order valence-corrected chi connectivity index (χ1v) is 7.11. The standard InChI is InChI=1S/C16H26N2.ClH/c1-12-5-4-6-16(13(12)2)11-18-9-7-15(8-10-18)14(3)17;/h4-6,14-15H,7-11,17H2,1-3H3;1H. The topological polar surface area (TPSA) is 29.3 Å². The molecule has 3 heteroatoms. The molecule has 1 unspecified atom stereocenters. The summed E-state index contributed by atoms with van der Waals surface area (Å²) in [6, 6.07) is 6.99. The number of piperidine rings is 1. The van der Waals surface area contributed by atoms with E-state index < -0.39 is 0 Å². The van der Waals surface area contributed by atoms with E-state index in [1.54, 1.807) is 0 Å². The fraction of sp³-hybridized carbons (Fsp3) is 0.625. The SMILES string of the molecule is Cc1cccc(CN2CCC(C(C)N)CC2)c1C.Cl. The van der Waals surface area contributed by atoms with Crippen LogP contribution in [-0.2, 0) is 6.54 Å². The lowest BCUT2D eigenvalue weighted by Gasteiger charge is -2.34. The highest BCUT2D eigenvalue weighted by Gasteiger charge is 2.22. The third kappa shape index (κ3) is 4.20. The average molecular weight is 283 g/mol. The van der Waals surface area contributed by atoms with Gasteiger partial charge in [-0.3, -0.25) is 4.90 Å². The van der Waals surface area contributed by atoms with Gasteiger partial charge in [0.1, 0.15) is 0 Å². The Morgan fingerprint density at radius 3 is 2.47 bits per heavy atom. The molecule has 2 N–H and O–H groups in total. The van der Waals surface area contributed by atoms with Gasteiger partial charge in [-0.2, -0.15) is 0 Å². The Morgan fingerprint density at radius 2 is 1.89 bits per heavy atom. The van der Waals surface area contributed by atoms with Gasteiger partial charge in [-0.15, -0.1) is 12.4 Å². The normalized spacial score (nSPS) is 18.9. The van der Waals surface area contributed by atoms with E-state index in [9.17, 15) is 0 Å². The van der Waals surface area contributed by atoms with Crippen LogP contribution in [0.25, 0.3) is 0 Å². The molecule has 1 fully saturated rings. The highest BCUT2D eigenvalue weighted by Crippen LogP contribution is 2.22. The Bertz CT molecular complexity index is 396. The van der Waals surface area contributed by atoms with E-state index in [1.807, 2.05) is 0 Å². The number of nitrogens with zero attached hydrogens (tertiary/aromatic N) is 1. The van der Waals surface area contributed by atoms with Crippen molar-refractivity contribution in [1.82, 2.24) is 4.90 Å². The Morgan fingerprint density at radius 1 is 1.26 bits per heavy atom. The maximum absolute atomic E-state index is 5.99. The molecule has 2 rings (SSSR count). The second kappa shape index (κ2) is 7.28. The molecule has 1 aliphatic heterocycles. The van der Waals surface area contributed by atoms with Gasteiger partial charge >= 0.3 is 0 Å². The Balaban J connectivity index is 0.00000180. The summed E-state index contributed by atoms with van der Waals surface area (Å²) in [5, 5.41) is 0. The highest BCUT2D eigenvalue weighted by molar-refractivity contribution is 5.85. The van der Waals surface area contributed by atoms with E-state index in [1.165, 1.54) is 42.6 Å². The van der Waals surface area contributed by atoms with E-state index in [4.69, 9.17) is 5.73 Å². The van der Waals surface area contributed by atoms with Gasteiger partial charge in [0.2, 0.25) is 0 Å². The van der Waals surface area contributed by atoms with Crippen molar-refractivity contribution in [2.75, 3.05) is 13.1 Å². The summed E-state index contributed by atoms with van der Waals surface area (Å²) in [6.45, 7) is 10.1. The first-order valence-electron chi connectivity index (χ1n) is 7.11. The van der Waals surface area contributed by atoms with Gasteiger partial charge in [0.15, 0.2) is 0 Å². The quantitative estimate of drug-likeness (QED) is 0.922. The monoisotopic (exact) mass is 282 g/mol. The van der Waals surface area contributed by atoms with Gasteiger partial charge < -0.3 is 5.73 Å². The molecule has 0 radical (unpaired) electrons. The minimum Gasteiger partial charge on any atom is -0.328 e. The first-order chi connectivity index (χ1) is 8.58. The maximum Gasteiger partial charge on any atom is 0.0236 e. The van der Waals surface area contributed by atoms with Gasteiger partial charge in [0.05, 0.1) is 0 Å². The number of rotatable bonds is 3. The molecule has 0 spiro atoms. The molecular formula is C16H27ClN2. The Hall–Kier alpha value is -0.570. The minimum atomic E-state index is 0. The number of benzene rings is 1. The van der Waals surface area contributed by atoms with Crippen molar-refractivity contribution in [1.29, 1.82) is 0 Å². The van der Waals surface area contributed by atoms with Crippen LogP contribution >= 0.6 is 12.4 Å². The highest BCUT2D eigenvalue weighted by atomic mass is 35.5. The molecule has 108 valence electrons. The minimum absolute atomic E-state index is 0. The smallest absolute Gasteiger partial charge is 0.0236 e. The molecule has 1 atom stereocenters. The average Bonchev–Trinajstić information content (AvgIpc) is 2.36. The van der Waals surface area contributed by atoms with Crippen LogP contribution in [0.5, 0.6) is 0 Å². The van der Waals surface area contributed by atoms with Crippen LogP contribution in [0, 0.1) is 19.8 Å². The van der Waals surface area contributed by atoms with Crippen molar-refractivity contribution in [3.8, 4) is 0 Å². The number of halogens is 1. The Labute approximate surface area is 123 Å². The fourth-order valence-corrected chi connectivity index (χ4v) is 2.86. The molecular weight excluding hydrogens is 256 g/mol. The van der Waals surface area contributed by atoms with Crippen molar-refractivity contribution >= 4 is 12.4 Å². The summed E-state index contributed by atoms with van der Waals surface area (Å²) >= 11 is 0. The molecule has 1 aromatic carbocycles. The van der Waals surface area contributed by atoms with Crippen molar-refractivity contribution in [3.63, 3.8) is 0 Å². The third-order valence-corrected chi connectivity index (χ3v) is 4.49. The predicted molar refractivity (Wildman–Crippen MR) is 84.8 cm³/mol. The van der Waals surface area contributed by atoms with Crippen molar-refractivity contribution < 1.29 is 0 Å².